The van der Waals surface area contributed by atoms with Crippen molar-refractivity contribution in [3.63, 3.8) is 0 Å². The Hall–Kier alpha value is -2.02. The molecule has 0 spiro atoms. The Morgan fingerprint density at radius 3 is 2.58 bits per heavy atom. The molecular formula is C26H25ClN2O2S2. The number of carbonyl (C=O) groups excluding carboxylic acids is 1. The van der Waals surface area contributed by atoms with E-state index in [2.05, 4.69) is 17.4 Å². The Bertz CT molecular complexity index is 1260. The maximum atomic E-state index is 13.1. The average molecular weight is 497 g/mol. The normalized spacial score (nSPS) is 27.3. The van der Waals surface area contributed by atoms with E-state index >= 15 is 0 Å². The zero-order valence-corrected chi connectivity index (χ0v) is 20.7. The highest BCUT2D eigenvalue weighted by Crippen LogP contribution is 2.64. The summed E-state index contributed by atoms with van der Waals surface area (Å²) in [6.45, 7) is 2.06. The van der Waals surface area contributed by atoms with E-state index in [0.29, 0.717) is 17.1 Å². The fourth-order valence-electron chi connectivity index (χ4n) is 6.11. The van der Waals surface area contributed by atoms with E-state index in [1.807, 2.05) is 55.1 Å². The predicted octanol–water partition coefficient (Wildman–Crippen LogP) is 6.16. The number of thiazole rings is 1. The quantitative estimate of drug-likeness (QED) is 0.470. The lowest BCUT2D eigenvalue weighted by Gasteiger charge is -2.40. The van der Waals surface area contributed by atoms with Crippen molar-refractivity contribution in [2.45, 2.75) is 48.9 Å². The van der Waals surface area contributed by atoms with E-state index in [1.165, 1.54) is 36.2 Å². The van der Waals surface area contributed by atoms with Gasteiger partial charge in [0, 0.05) is 26.8 Å². The second kappa shape index (κ2) is 8.33. The molecular weight excluding hydrogens is 472 g/mol. The number of hydrogen-bond acceptors (Lipinski definition) is 4. The summed E-state index contributed by atoms with van der Waals surface area (Å²) in [6, 6.07) is 15.9. The molecule has 2 saturated carbocycles. The van der Waals surface area contributed by atoms with Crippen LogP contribution in [0, 0.1) is 24.7 Å². The van der Waals surface area contributed by atoms with Gasteiger partial charge in [-0.25, -0.2) is 0 Å². The Morgan fingerprint density at radius 2 is 1.82 bits per heavy atom. The molecule has 1 aromatic heterocycles. The maximum Gasteiger partial charge on any atom is 0.308 e. The molecule has 33 heavy (non-hydrogen) atoms. The lowest BCUT2D eigenvalue weighted by molar-refractivity contribution is -0.116. The van der Waals surface area contributed by atoms with Crippen molar-refractivity contribution < 1.29 is 4.79 Å². The lowest BCUT2D eigenvalue weighted by Crippen LogP contribution is -2.34. The molecule has 4 nitrogen and oxygen atoms in total. The van der Waals surface area contributed by atoms with Gasteiger partial charge in [0.2, 0.25) is 5.91 Å². The molecule has 7 heteroatoms. The SMILES string of the molecule is Cc1ccc(NC(=O)Cn2c3c(sc2=O)[C@@H](c2ccc(Cl)cc2)[C@H]2[C@H]4CC[C@H](C4)[C@@H]2S3)cc1. The molecule has 5 atom stereocenters. The van der Waals surface area contributed by atoms with Crippen molar-refractivity contribution in [2.24, 2.45) is 17.8 Å². The molecule has 3 aromatic rings. The lowest BCUT2D eigenvalue weighted by atomic mass is 9.75. The van der Waals surface area contributed by atoms with Crippen LogP contribution in [0.25, 0.3) is 0 Å². The molecule has 2 fully saturated rings. The molecule has 3 aliphatic rings. The number of anilines is 1. The van der Waals surface area contributed by atoms with Gasteiger partial charge in [-0.3, -0.25) is 14.2 Å². The van der Waals surface area contributed by atoms with Crippen molar-refractivity contribution in [1.82, 2.24) is 4.57 Å². The van der Waals surface area contributed by atoms with Crippen LogP contribution in [0.2, 0.25) is 5.02 Å². The second-order valence-corrected chi connectivity index (χ2v) is 12.2. The van der Waals surface area contributed by atoms with Crippen LogP contribution < -0.4 is 10.2 Å². The number of aryl methyl sites for hydroxylation is 1. The number of nitrogens with one attached hydrogen (secondary N) is 1. The fourth-order valence-corrected chi connectivity index (χ4v) is 9.39. The Balaban J connectivity index is 1.36. The minimum atomic E-state index is -0.166. The first-order chi connectivity index (χ1) is 16.0. The number of halogens is 1. The molecule has 1 N–H and O–H groups in total. The van der Waals surface area contributed by atoms with Crippen LogP contribution in [0.3, 0.4) is 0 Å². The Labute approximate surface area is 206 Å². The maximum absolute atomic E-state index is 13.1. The highest BCUT2D eigenvalue weighted by Gasteiger charge is 2.55. The number of benzene rings is 2. The third-order valence-corrected chi connectivity index (χ3v) is 10.6. The number of amides is 1. The van der Waals surface area contributed by atoms with E-state index in [-0.39, 0.29) is 23.2 Å². The summed E-state index contributed by atoms with van der Waals surface area (Å²) < 4.78 is 1.71. The van der Waals surface area contributed by atoms with Gasteiger partial charge in [-0.2, -0.15) is 0 Å². The first kappa shape index (κ1) is 21.5. The topological polar surface area (TPSA) is 51.1 Å². The largest absolute Gasteiger partial charge is 0.325 e. The van der Waals surface area contributed by atoms with Crippen LogP contribution in [0.1, 0.15) is 41.2 Å². The van der Waals surface area contributed by atoms with Crippen LogP contribution in [0.5, 0.6) is 0 Å². The van der Waals surface area contributed by atoms with Gasteiger partial charge in [-0.15, -0.1) is 11.8 Å². The van der Waals surface area contributed by atoms with Gasteiger partial charge in [0.25, 0.3) is 0 Å². The van der Waals surface area contributed by atoms with Gasteiger partial charge in [0.05, 0.1) is 5.03 Å². The first-order valence-electron chi connectivity index (χ1n) is 11.5. The van der Waals surface area contributed by atoms with Crippen LogP contribution in [0.4, 0.5) is 5.69 Å². The van der Waals surface area contributed by atoms with Crippen molar-refractivity contribution in [3.8, 4) is 0 Å². The second-order valence-electron chi connectivity index (χ2n) is 9.56. The van der Waals surface area contributed by atoms with Crippen molar-refractivity contribution in [3.05, 3.63) is 79.2 Å². The number of thioether (sulfide) groups is 1. The van der Waals surface area contributed by atoms with E-state index in [4.69, 9.17) is 11.6 Å². The molecule has 1 amide bonds. The van der Waals surface area contributed by atoms with Crippen molar-refractivity contribution in [2.75, 3.05) is 5.32 Å². The number of nitrogens with zero attached hydrogens (tertiary/aromatic N) is 1. The van der Waals surface area contributed by atoms with E-state index in [9.17, 15) is 9.59 Å². The minimum Gasteiger partial charge on any atom is -0.325 e. The van der Waals surface area contributed by atoms with Gasteiger partial charge < -0.3 is 5.32 Å². The highest BCUT2D eigenvalue weighted by atomic mass is 35.5. The first-order valence-corrected chi connectivity index (χ1v) is 13.6. The Kier molecular flexibility index (Phi) is 5.43. The number of fused-ring (bicyclic) bond motifs is 6. The van der Waals surface area contributed by atoms with E-state index in [1.54, 1.807) is 4.57 Å². The molecule has 2 aliphatic carbocycles. The molecule has 6 rings (SSSR count). The zero-order chi connectivity index (χ0) is 22.7. The van der Waals surface area contributed by atoms with Gasteiger partial charge in [0.15, 0.2) is 0 Å². The van der Waals surface area contributed by atoms with Crippen molar-refractivity contribution in [1.29, 1.82) is 0 Å². The zero-order valence-electron chi connectivity index (χ0n) is 18.3. The summed E-state index contributed by atoms with van der Waals surface area (Å²) in [5, 5.41) is 5.18. The predicted molar refractivity (Wildman–Crippen MR) is 136 cm³/mol. The number of carbonyl (C=O) groups is 1. The molecule has 0 unspecified atom stereocenters. The van der Waals surface area contributed by atoms with Crippen LogP contribution in [-0.2, 0) is 11.3 Å². The third kappa shape index (κ3) is 3.76. The summed E-state index contributed by atoms with van der Waals surface area (Å²) in [5.74, 6) is 2.02. The molecule has 2 heterocycles. The number of hydrogen-bond donors (Lipinski definition) is 1. The smallest absolute Gasteiger partial charge is 0.308 e. The van der Waals surface area contributed by atoms with Crippen LogP contribution in [0.15, 0.2) is 58.4 Å². The average Bonchev–Trinajstić information content (AvgIpc) is 3.49. The Morgan fingerprint density at radius 1 is 1.09 bits per heavy atom. The summed E-state index contributed by atoms with van der Waals surface area (Å²) in [7, 11) is 0. The highest BCUT2D eigenvalue weighted by molar-refractivity contribution is 8.00. The van der Waals surface area contributed by atoms with Crippen LogP contribution in [-0.4, -0.2) is 15.7 Å². The summed E-state index contributed by atoms with van der Waals surface area (Å²) in [6.07, 6.45) is 3.86. The standard InChI is InChI=1S/C26H25ClN2O2S2/c1-14-2-10-19(11-3-14)28-20(30)13-29-25-24(33-26(29)31)21(15-6-8-18(27)9-7-15)22-16-4-5-17(12-16)23(22)32-25/h2-3,6-11,16-17,21-23H,4-5,12-13H2,1H3,(H,28,30)/t16-,17+,21-,22+,23-/m0/s1. The van der Waals surface area contributed by atoms with Gasteiger partial charge in [0.1, 0.15) is 6.54 Å². The van der Waals surface area contributed by atoms with Gasteiger partial charge >= 0.3 is 4.87 Å². The summed E-state index contributed by atoms with van der Waals surface area (Å²) in [4.78, 5) is 27.1. The number of aromatic nitrogens is 1. The number of rotatable bonds is 4. The van der Waals surface area contributed by atoms with Crippen LogP contribution >= 0.6 is 34.7 Å². The van der Waals surface area contributed by atoms with Gasteiger partial charge in [-0.05, 0) is 73.8 Å². The summed E-state index contributed by atoms with van der Waals surface area (Å²) in [5.41, 5.74) is 3.13. The molecule has 2 bridgehead atoms. The fraction of sp³-hybridized carbons (Fsp3) is 0.385. The van der Waals surface area contributed by atoms with Gasteiger partial charge in [-0.1, -0.05) is 52.8 Å². The van der Waals surface area contributed by atoms with Crippen molar-refractivity contribution >= 4 is 46.3 Å². The minimum absolute atomic E-state index is 0.0437. The molecule has 0 radical (unpaired) electrons. The molecule has 0 saturated heterocycles. The summed E-state index contributed by atoms with van der Waals surface area (Å²) >= 11 is 9.37. The van der Waals surface area contributed by atoms with E-state index in [0.717, 1.165) is 32.1 Å². The molecule has 170 valence electrons. The monoisotopic (exact) mass is 496 g/mol. The molecule has 1 aliphatic heterocycles. The molecule has 2 aromatic carbocycles. The van der Waals surface area contributed by atoms with E-state index < -0.39 is 0 Å². The third-order valence-electron chi connectivity index (χ3n) is 7.56.